The lowest BCUT2D eigenvalue weighted by Gasteiger charge is -2.11. The Labute approximate surface area is 124 Å². The fraction of sp³-hybridized carbons (Fsp3) is 0.375. The van der Waals surface area contributed by atoms with E-state index in [0.29, 0.717) is 18.6 Å². The van der Waals surface area contributed by atoms with Crippen LogP contribution in [0.25, 0.3) is 6.08 Å². The second-order valence-electron chi connectivity index (χ2n) is 4.77. The van der Waals surface area contributed by atoms with E-state index in [1.54, 1.807) is 13.2 Å². The van der Waals surface area contributed by atoms with Gasteiger partial charge in [0.1, 0.15) is 5.75 Å². The molecule has 0 aliphatic rings. The number of rotatable bonds is 8. The number of amides is 1. The maximum absolute atomic E-state index is 11.8. The molecule has 0 radical (unpaired) electrons. The molecule has 0 aromatic heterocycles. The van der Waals surface area contributed by atoms with Gasteiger partial charge in [0.25, 0.3) is 0 Å². The molecule has 1 rings (SSSR count). The van der Waals surface area contributed by atoms with Gasteiger partial charge in [-0.1, -0.05) is 18.2 Å². The molecule has 0 aliphatic carbocycles. The van der Waals surface area contributed by atoms with Crippen molar-refractivity contribution in [1.29, 1.82) is 0 Å². The van der Waals surface area contributed by atoms with Crippen LogP contribution in [0.2, 0.25) is 0 Å². The minimum atomic E-state index is -0.815. The monoisotopic (exact) mass is 291 g/mol. The van der Waals surface area contributed by atoms with Crippen LogP contribution in [-0.2, 0) is 9.59 Å². The summed E-state index contributed by atoms with van der Waals surface area (Å²) in [6.45, 7) is 1.86. The third kappa shape index (κ3) is 6.61. The molecule has 1 atom stereocenters. The molecular weight excluding hydrogens is 270 g/mol. The predicted octanol–water partition coefficient (Wildman–Crippen LogP) is 2.47. The first-order chi connectivity index (χ1) is 10.0. The number of carbonyl (C=O) groups is 2. The summed E-state index contributed by atoms with van der Waals surface area (Å²) in [5, 5.41) is 11.4. The van der Waals surface area contributed by atoms with Gasteiger partial charge in [-0.3, -0.25) is 9.59 Å². The summed E-state index contributed by atoms with van der Waals surface area (Å²) in [6, 6.07) is 7.36. The lowest BCUT2D eigenvalue weighted by Crippen LogP contribution is -2.31. The molecular formula is C16H21NO4. The summed E-state index contributed by atoms with van der Waals surface area (Å²) in [4.78, 5) is 22.2. The van der Waals surface area contributed by atoms with E-state index in [1.165, 1.54) is 6.08 Å². The van der Waals surface area contributed by atoms with E-state index < -0.39 is 5.97 Å². The summed E-state index contributed by atoms with van der Waals surface area (Å²) in [7, 11) is 1.58. The molecule has 114 valence electrons. The van der Waals surface area contributed by atoms with Crippen molar-refractivity contribution in [2.75, 3.05) is 7.11 Å². The molecule has 0 aliphatic heterocycles. The minimum absolute atomic E-state index is 0.0563. The van der Waals surface area contributed by atoms with Crippen molar-refractivity contribution in [2.24, 2.45) is 0 Å². The van der Waals surface area contributed by atoms with E-state index in [9.17, 15) is 9.59 Å². The first kappa shape index (κ1) is 16.8. The number of ether oxygens (including phenoxy) is 1. The molecule has 0 heterocycles. The first-order valence-electron chi connectivity index (χ1n) is 6.86. The maximum atomic E-state index is 11.8. The number of methoxy groups -OCH3 is 1. The van der Waals surface area contributed by atoms with Gasteiger partial charge < -0.3 is 15.2 Å². The Bertz CT molecular complexity index is 511. The zero-order valence-corrected chi connectivity index (χ0v) is 12.3. The van der Waals surface area contributed by atoms with Gasteiger partial charge >= 0.3 is 5.97 Å². The number of para-hydroxylation sites is 1. The smallest absolute Gasteiger partial charge is 0.303 e. The summed E-state index contributed by atoms with van der Waals surface area (Å²) in [5.74, 6) is -0.315. The number of benzene rings is 1. The van der Waals surface area contributed by atoms with E-state index in [4.69, 9.17) is 9.84 Å². The van der Waals surface area contributed by atoms with Crippen molar-refractivity contribution in [2.45, 2.75) is 32.2 Å². The van der Waals surface area contributed by atoms with Crippen LogP contribution in [0.5, 0.6) is 5.75 Å². The van der Waals surface area contributed by atoms with Gasteiger partial charge in [-0.2, -0.15) is 0 Å². The van der Waals surface area contributed by atoms with E-state index >= 15 is 0 Å². The quantitative estimate of drug-likeness (QED) is 0.721. The molecule has 5 nitrogen and oxygen atoms in total. The Hall–Kier alpha value is -2.30. The third-order valence-electron chi connectivity index (χ3n) is 2.97. The Morgan fingerprint density at radius 1 is 1.38 bits per heavy atom. The molecule has 0 saturated carbocycles. The average Bonchev–Trinajstić information content (AvgIpc) is 2.45. The van der Waals surface area contributed by atoms with Crippen molar-refractivity contribution in [3.05, 3.63) is 35.9 Å². The highest BCUT2D eigenvalue weighted by Gasteiger charge is 2.06. The van der Waals surface area contributed by atoms with Crippen molar-refractivity contribution in [3.8, 4) is 5.75 Å². The van der Waals surface area contributed by atoms with Crippen LogP contribution in [-0.4, -0.2) is 30.1 Å². The Morgan fingerprint density at radius 3 is 2.76 bits per heavy atom. The zero-order valence-electron chi connectivity index (χ0n) is 12.3. The molecule has 0 saturated heterocycles. The van der Waals surface area contributed by atoms with Crippen LogP contribution in [0.1, 0.15) is 31.7 Å². The highest BCUT2D eigenvalue weighted by atomic mass is 16.5. The minimum Gasteiger partial charge on any atom is -0.496 e. The SMILES string of the molecule is COc1ccccc1/C=C/C(=O)NC(C)CCCC(=O)O. The number of carbonyl (C=O) groups excluding carboxylic acids is 1. The molecule has 5 heteroatoms. The number of hydrogen-bond acceptors (Lipinski definition) is 3. The van der Waals surface area contributed by atoms with Crippen LogP contribution in [0.15, 0.2) is 30.3 Å². The lowest BCUT2D eigenvalue weighted by molar-refractivity contribution is -0.137. The number of nitrogens with one attached hydrogen (secondary N) is 1. The second kappa shape index (κ2) is 8.79. The average molecular weight is 291 g/mol. The largest absolute Gasteiger partial charge is 0.496 e. The molecule has 1 amide bonds. The third-order valence-corrected chi connectivity index (χ3v) is 2.97. The summed E-state index contributed by atoms with van der Waals surface area (Å²) in [6.07, 6.45) is 4.45. The van der Waals surface area contributed by atoms with E-state index in [-0.39, 0.29) is 18.4 Å². The number of aliphatic carboxylic acids is 1. The van der Waals surface area contributed by atoms with Crippen LogP contribution in [0.3, 0.4) is 0 Å². The molecule has 1 aromatic carbocycles. The van der Waals surface area contributed by atoms with Crippen LogP contribution >= 0.6 is 0 Å². The Morgan fingerprint density at radius 2 is 2.10 bits per heavy atom. The van der Waals surface area contributed by atoms with Gasteiger partial charge in [0.2, 0.25) is 5.91 Å². The Balaban J connectivity index is 2.45. The first-order valence-corrected chi connectivity index (χ1v) is 6.86. The van der Waals surface area contributed by atoms with Crippen molar-refractivity contribution in [1.82, 2.24) is 5.32 Å². The van der Waals surface area contributed by atoms with Crippen molar-refractivity contribution >= 4 is 18.0 Å². The number of carboxylic acids is 1. The fourth-order valence-electron chi connectivity index (χ4n) is 1.89. The molecule has 1 unspecified atom stereocenters. The maximum Gasteiger partial charge on any atom is 0.303 e. The van der Waals surface area contributed by atoms with Gasteiger partial charge in [-0.05, 0) is 31.9 Å². The van der Waals surface area contributed by atoms with Crippen molar-refractivity contribution in [3.63, 3.8) is 0 Å². The summed E-state index contributed by atoms with van der Waals surface area (Å²) >= 11 is 0. The van der Waals surface area contributed by atoms with Crippen LogP contribution < -0.4 is 10.1 Å². The van der Waals surface area contributed by atoms with Crippen molar-refractivity contribution < 1.29 is 19.4 Å². The highest BCUT2D eigenvalue weighted by molar-refractivity contribution is 5.92. The second-order valence-corrected chi connectivity index (χ2v) is 4.77. The van der Waals surface area contributed by atoms with Gasteiger partial charge in [0.05, 0.1) is 7.11 Å². The van der Waals surface area contributed by atoms with Gasteiger partial charge in [-0.15, -0.1) is 0 Å². The highest BCUT2D eigenvalue weighted by Crippen LogP contribution is 2.18. The lowest BCUT2D eigenvalue weighted by atomic mass is 10.1. The predicted molar refractivity (Wildman–Crippen MR) is 81.1 cm³/mol. The van der Waals surface area contributed by atoms with Gasteiger partial charge in [0.15, 0.2) is 0 Å². The fourth-order valence-corrected chi connectivity index (χ4v) is 1.89. The van der Waals surface area contributed by atoms with Gasteiger partial charge in [0, 0.05) is 24.1 Å². The normalized spacial score (nSPS) is 12.1. The molecule has 1 aromatic rings. The van der Waals surface area contributed by atoms with E-state index in [2.05, 4.69) is 5.32 Å². The topological polar surface area (TPSA) is 75.6 Å². The van der Waals surface area contributed by atoms with E-state index in [1.807, 2.05) is 31.2 Å². The van der Waals surface area contributed by atoms with E-state index in [0.717, 1.165) is 5.56 Å². The van der Waals surface area contributed by atoms with Crippen LogP contribution in [0, 0.1) is 0 Å². The molecule has 0 spiro atoms. The molecule has 2 N–H and O–H groups in total. The molecule has 0 bridgehead atoms. The Kier molecular flexibility index (Phi) is 7.01. The van der Waals surface area contributed by atoms with Crippen LogP contribution in [0.4, 0.5) is 0 Å². The summed E-state index contributed by atoms with van der Waals surface area (Å²) in [5.41, 5.74) is 0.827. The number of carboxylic acid groups (broad SMARTS) is 1. The standard InChI is InChI=1S/C16H21NO4/c1-12(6-5-9-16(19)20)17-15(18)11-10-13-7-3-4-8-14(13)21-2/h3-4,7-8,10-12H,5-6,9H2,1-2H3,(H,17,18)(H,19,20)/b11-10+. The molecule has 0 fully saturated rings. The molecule has 21 heavy (non-hydrogen) atoms. The summed E-state index contributed by atoms with van der Waals surface area (Å²) < 4.78 is 5.20. The zero-order chi connectivity index (χ0) is 15.7. The van der Waals surface area contributed by atoms with Gasteiger partial charge in [-0.25, -0.2) is 0 Å². The number of hydrogen-bond donors (Lipinski definition) is 2.